The fraction of sp³-hybridized carbons (Fsp3) is 0. The van der Waals surface area contributed by atoms with Gasteiger partial charge in [-0.25, -0.2) is 0 Å². The molecule has 0 radical (unpaired) electrons. The van der Waals surface area contributed by atoms with Crippen molar-refractivity contribution in [1.82, 2.24) is 9.55 Å². The maximum Gasteiger partial charge on any atom is 0.0701 e. The summed E-state index contributed by atoms with van der Waals surface area (Å²) < 4.78 is 2.44. The van der Waals surface area contributed by atoms with E-state index in [2.05, 4.69) is 113 Å². The lowest BCUT2D eigenvalue weighted by atomic mass is 9.93. The Labute approximate surface area is 213 Å². The molecule has 0 bridgehead atoms. The molecule has 0 aliphatic heterocycles. The quantitative estimate of drug-likeness (QED) is 0.231. The number of rotatable bonds is 2. The van der Waals surface area contributed by atoms with Crippen molar-refractivity contribution in [3.63, 3.8) is 0 Å². The number of benzene rings is 6. The van der Waals surface area contributed by atoms with Crippen LogP contribution in [0.25, 0.3) is 82.2 Å². The van der Waals surface area contributed by atoms with E-state index in [9.17, 15) is 0 Å². The smallest absolute Gasteiger partial charge is 0.0701 e. The second-order valence-corrected chi connectivity index (χ2v) is 9.99. The molecule has 0 amide bonds. The summed E-state index contributed by atoms with van der Waals surface area (Å²) >= 11 is 0. The van der Waals surface area contributed by atoms with Crippen LogP contribution in [0.2, 0.25) is 0 Å². The predicted octanol–water partition coefficient (Wildman–Crippen LogP) is 9.29. The number of pyridine rings is 1. The first-order valence-corrected chi connectivity index (χ1v) is 12.7. The third-order valence-corrected chi connectivity index (χ3v) is 8.14. The predicted molar refractivity (Wildman–Crippen MR) is 156 cm³/mol. The molecule has 1 aliphatic rings. The number of fused-ring (bicyclic) bond motifs is 1. The zero-order chi connectivity index (χ0) is 24.1. The molecule has 0 saturated carbocycles. The Bertz CT molecular complexity index is 2220. The highest BCUT2D eigenvalue weighted by molar-refractivity contribution is 6.38. The van der Waals surface area contributed by atoms with Crippen molar-refractivity contribution in [2.24, 2.45) is 0 Å². The fourth-order valence-electron chi connectivity index (χ4n) is 6.60. The Morgan fingerprint density at radius 3 is 1.68 bits per heavy atom. The molecule has 170 valence electrons. The van der Waals surface area contributed by atoms with Crippen LogP contribution in [-0.4, -0.2) is 9.55 Å². The third kappa shape index (κ3) is 2.42. The van der Waals surface area contributed by atoms with Crippen LogP contribution in [0.5, 0.6) is 0 Å². The normalized spacial score (nSPS) is 12.3. The lowest BCUT2D eigenvalue weighted by Gasteiger charge is -2.14. The van der Waals surface area contributed by atoms with Gasteiger partial charge in [-0.2, -0.15) is 0 Å². The topological polar surface area (TPSA) is 17.8 Å². The SMILES string of the molecule is c1ccc(-c2ccc(-n3c4ccc5cccc6c5c4c4c5c(ccc7cccc-6c75)ccc43)cc2)nc1. The second-order valence-electron chi connectivity index (χ2n) is 9.99. The molecule has 37 heavy (non-hydrogen) atoms. The van der Waals surface area contributed by atoms with Gasteiger partial charge in [-0.1, -0.05) is 78.9 Å². The lowest BCUT2D eigenvalue weighted by molar-refractivity contribution is 1.18. The van der Waals surface area contributed by atoms with Gasteiger partial charge in [0.2, 0.25) is 0 Å². The molecular formula is C35H20N2. The van der Waals surface area contributed by atoms with Crippen molar-refractivity contribution in [2.75, 3.05) is 0 Å². The summed E-state index contributed by atoms with van der Waals surface area (Å²) in [6.07, 6.45) is 1.85. The van der Waals surface area contributed by atoms with E-state index >= 15 is 0 Å². The fourth-order valence-corrected chi connectivity index (χ4v) is 6.60. The van der Waals surface area contributed by atoms with E-state index in [-0.39, 0.29) is 0 Å². The zero-order valence-corrected chi connectivity index (χ0v) is 19.9. The lowest BCUT2D eigenvalue weighted by Crippen LogP contribution is -1.95. The standard InChI is InChI=1S/C35H20N2/c1-2-20-36-28(9-1)21-12-16-25(17-13-21)37-29-18-14-23-6-4-8-27-26-7-3-5-22-10-11-24-15-19-30(37)35(33(24)31(22)26)34(29)32(23)27/h1-20H. The summed E-state index contributed by atoms with van der Waals surface area (Å²) in [5, 5.41) is 10.7. The number of hydrogen-bond acceptors (Lipinski definition) is 1. The van der Waals surface area contributed by atoms with Gasteiger partial charge in [-0.15, -0.1) is 0 Å². The molecule has 0 fully saturated rings. The molecule has 9 rings (SSSR count). The molecular weight excluding hydrogens is 448 g/mol. The van der Waals surface area contributed by atoms with Crippen LogP contribution in [0.1, 0.15) is 0 Å². The van der Waals surface area contributed by atoms with Crippen LogP contribution in [-0.2, 0) is 0 Å². The number of nitrogens with zero attached hydrogens (tertiary/aromatic N) is 2. The van der Waals surface area contributed by atoms with Gasteiger partial charge in [-0.3, -0.25) is 4.98 Å². The first kappa shape index (κ1) is 19.3. The van der Waals surface area contributed by atoms with Gasteiger partial charge in [0, 0.05) is 33.6 Å². The van der Waals surface area contributed by atoms with Crippen LogP contribution in [0.3, 0.4) is 0 Å². The van der Waals surface area contributed by atoms with Gasteiger partial charge in [0.25, 0.3) is 0 Å². The molecule has 2 nitrogen and oxygen atoms in total. The van der Waals surface area contributed by atoms with Crippen LogP contribution >= 0.6 is 0 Å². The highest BCUT2D eigenvalue weighted by Crippen LogP contribution is 2.49. The molecule has 2 aromatic heterocycles. The van der Waals surface area contributed by atoms with E-state index in [4.69, 9.17) is 0 Å². The first-order valence-electron chi connectivity index (χ1n) is 12.7. The Kier molecular flexibility index (Phi) is 3.56. The third-order valence-electron chi connectivity index (χ3n) is 8.14. The highest BCUT2D eigenvalue weighted by Gasteiger charge is 2.23. The Morgan fingerprint density at radius 2 is 1.03 bits per heavy atom. The molecule has 6 aromatic carbocycles. The molecule has 0 saturated heterocycles. The van der Waals surface area contributed by atoms with Gasteiger partial charge >= 0.3 is 0 Å². The highest BCUT2D eigenvalue weighted by atomic mass is 15.0. The summed E-state index contributed by atoms with van der Waals surface area (Å²) in [4.78, 5) is 4.54. The Hall–Kier alpha value is -4.95. The minimum atomic E-state index is 0.992. The molecule has 0 atom stereocenters. The van der Waals surface area contributed by atoms with Gasteiger partial charge in [0.15, 0.2) is 0 Å². The Morgan fingerprint density at radius 1 is 0.432 bits per heavy atom. The monoisotopic (exact) mass is 468 g/mol. The van der Waals surface area contributed by atoms with E-state index in [0.29, 0.717) is 0 Å². The van der Waals surface area contributed by atoms with Crippen molar-refractivity contribution >= 4 is 54.1 Å². The molecule has 2 heterocycles. The van der Waals surface area contributed by atoms with Gasteiger partial charge in [-0.05, 0) is 74.5 Å². The van der Waals surface area contributed by atoms with E-state index < -0.39 is 0 Å². The van der Waals surface area contributed by atoms with E-state index in [1.54, 1.807) is 0 Å². The second kappa shape index (κ2) is 6.83. The molecule has 0 spiro atoms. The summed E-state index contributed by atoms with van der Waals surface area (Å²) in [6.45, 7) is 0. The maximum atomic E-state index is 4.54. The summed E-state index contributed by atoms with van der Waals surface area (Å²) in [5.74, 6) is 0. The van der Waals surface area contributed by atoms with Crippen molar-refractivity contribution in [3.05, 3.63) is 121 Å². The van der Waals surface area contributed by atoms with Gasteiger partial charge in [0.1, 0.15) is 0 Å². The maximum absolute atomic E-state index is 4.54. The number of hydrogen-bond donors (Lipinski definition) is 0. The summed E-state index contributed by atoms with van der Waals surface area (Å²) in [6, 6.07) is 42.1. The van der Waals surface area contributed by atoms with Gasteiger partial charge in [0.05, 0.1) is 16.7 Å². The van der Waals surface area contributed by atoms with Crippen LogP contribution in [0, 0.1) is 0 Å². The van der Waals surface area contributed by atoms with E-state index in [1.165, 1.54) is 65.3 Å². The molecule has 8 aromatic rings. The van der Waals surface area contributed by atoms with Crippen LogP contribution in [0.15, 0.2) is 121 Å². The molecule has 0 N–H and O–H groups in total. The average Bonchev–Trinajstić information content (AvgIpc) is 3.24. The van der Waals surface area contributed by atoms with Crippen LogP contribution < -0.4 is 0 Å². The largest absolute Gasteiger partial charge is 0.309 e. The average molecular weight is 469 g/mol. The van der Waals surface area contributed by atoms with Crippen LogP contribution in [0.4, 0.5) is 0 Å². The van der Waals surface area contributed by atoms with E-state index in [0.717, 1.165) is 16.9 Å². The Balaban J connectivity index is 1.48. The van der Waals surface area contributed by atoms with Crippen molar-refractivity contribution in [1.29, 1.82) is 0 Å². The zero-order valence-electron chi connectivity index (χ0n) is 19.9. The molecule has 2 heteroatoms. The number of aromatic nitrogens is 2. The van der Waals surface area contributed by atoms with Gasteiger partial charge < -0.3 is 4.57 Å². The summed E-state index contributed by atoms with van der Waals surface area (Å²) in [7, 11) is 0. The molecule has 1 aliphatic carbocycles. The van der Waals surface area contributed by atoms with Crippen molar-refractivity contribution in [2.45, 2.75) is 0 Å². The first-order chi connectivity index (χ1) is 18.4. The minimum absolute atomic E-state index is 0.992. The van der Waals surface area contributed by atoms with Crippen molar-refractivity contribution in [3.8, 4) is 28.1 Å². The molecule has 0 unspecified atom stereocenters. The summed E-state index contributed by atoms with van der Waals surface area (Å²) in [5.41, 5.74) is 8.43. The van der Waals surface area contributed by atoms with E-state index in [1.807, 2.05) is 18.3 Å². The van der Waals surface area contributed by atoms with Crippen molar-refractivity contribution < 1.29 is 0 Å². The minimum Gasteiger partial charge on any atom is -0.309 e.